The number of anilines is 1. The van der Waals surface area contributed by atoms with Gasteiger partial charge in [-0.1, -0.05) is 29.8 Å². The van der Waals surface area contributed by atoms with E-state index in [2.05, 4.69) is 4.98 Å². The topological polar surface area (TPSA) is 42.4 Å². The fourth-order valence-electron chi connectivity index (χ4n) is 2.64. The van der Waals surface area contributed by atoms with Crippen LogP contribution < -0.4 is 4.90 Å². The third kappa shape index (κ3) is 3.13. The summed E-state index contributed by atoms with van der Waals surface area (Å²) in [6, 6.07) is 12.7. The first kappa shape index (κ1) is 15.0. The summed E-state index contributed by atoms with van der Waals surface area (Å²) in [6.45, 7) is 1.24. The van der Waals surface area contributed by atoms with E-state index in [1.807, 2.05) is 18.2 Å². The highest BCUT2D eigenvalue weighted by molar-refractivity contribution is 6.33. The number of halogens is 1. The lowest BCUT2D eigenvalue weighted by atomic mass is 10.1. The van der Waals surface area contributed by atoms with E-state index in [0.717, 1.165) is 19.4 Å². The fourth-order valence-corrected chi connectivity index (χ4v) is 2.85. The molecule has 1 fully saturated rings. The van der Waals surface area contributed by atoms with Gasteiger partial charge < -0.3 is 4.74 Å². The summed E-state index contributed by atoms with van der Waals surface area (Å²) in [5.41, 5.74) is 0.620. The van der Waals surface area contributed by atoms with E-state index < -0.39 is 0 Å². The minimum absolute atomic E-state index is 0.0474. The highest BCUT2D eigenvalue weighted by Gasteiger charge is 2.30. The summed E-state index contributed by atoms with van der Waals surface area (Å²) in [5.74, 6) is 0.394. The van der Waals surface area contributed by atoms with Crippen molar-refractivity contribution in [3.8, 4) is 0 Å². The van der Waals surface area contributed by atoms with Crippen molar-refractivity contribution >= 4 is 23.3 Å². The van der Waals surface area contributed by atoms with Gasteiger partial charge in [-0.25, -0.2) is 4.98 Å². The Morgan fingerprint density at radius 1 is 1.23 bits per heavy atom. The first-order chi connectivity index (χ1) is 10.8. The number of carbonyl (C=O) groups excluding carboxylic acids is 1. The summed E-state index contributed by atoms with van der Waals surface area (Å²) in [7, 11) is 0. The summed E-state index contributed by atoms with van der Waals surface area (Å²) in [4.78, 5) is 19.0. The second-order valence-electron chi connectivity index (χ2n) is 5.22. The van der Waals surface area contributed by atoms with Crippen LogP contribution >= 0.6 is 11.6 Å². The third-order valence-electron chi connectivity index (χ3n) is 3.71. The fraction of sp³-hybridized carbons (Fsp3) is 0.294. The monoisotopic (exact) mass is 316 g/mol. The molecule has 0 aliphatic carbocycles. The van der Waals surface area contributed by atoms with Crippen LogP contribution in [0.2, 0.25) is 5.02 Å². The highest BCUT2D eigenvalue weighted by Crippen LogP contribution is 2.28. The number of carbonyl (C=O) groups is 1. The Bertz CT molecular complexity index is 642. The first-order valence-electron chi connectivity index (χ1n) is 7.34. The molecule has 4 nitrogen and oxygen atoms in total. The van der Waals surface area contributed by atoms with Crippen LogP contribution in [0, 0.1) is 0 Å². The predicted octanol–water partition coefficient (Wildman–Crippen LogP) is 3.56. The number of amides is 1. The second kappa shape index (κ2) is 6.90. The Morgan fingerprint density at radius 2 is 2.05 bits per heavy atom. The van der Waals surface area contributed by atoms with Crippen LogP contribution in [0.5, 0.6) is 0 Å². The maximum absolute atomic E-state index is 13.0. The molecule has 1 amide bonds. The molecular formula is C17H17ClN2O2. The molecule has 1 aliphatic heterocycles. The van der Waals surface area contributed by atoms with Gasteiger partial charge in [0.2, 0.25) is 0 Å². The second-order valence-corrected chi connectivity index (χ2v) is 5.63. The zero-order valence-corrected chi connectivity index (χ0v) is 12.9. The molecule has 1 saturated heterocycles. The zero-order valence-electron chi connectivity index (χ0n) is 12.1. The Hall–Kier alpha value is -1.91. The molecule has 0 N–H and O–H groups in total. The third-order valence-corrected chi connectivity index (χ3v) is 4.00. The van der Waals surface area contributed by atoms with Gasteiger partial charge in [0.15, 0.2) is 5.82 Å². The van der Waals surface area contributed by atoms with Gasteiger partial charge in [-0.3, -0.25) is 9.69 Å². The van der Waals surface area contributed by atoms with Crippen molar-refractivity contribution in [3.63, 3.8) is 0 Å². The average molecular weight is 317 g/mol. The lowest BCUT2D eigenvalue weighted by Crippen LogP contribution is -2.45. The Balaban J connectivity index is 1.99. The van der Waals surface area contributed by atoms with Crippen molar-refractivity contribution in [2.45, 2.75) is 18.9 Å². The number of nitrogens with zero attached hydrogens (tertiary/aromatic N) is 2. The maximum atomic E-state index is 13.0. The van der Waals surface area contributed by atoms with Gasteiger partial charge in [-0.2, -0.15) is 0 Å². The molecule has 0 saturated carbocycles. The van der Waals surface area contributed by atoms with Gasteiger partial charge >= 0.3 is 0 Å². The summed E-state index contributed by atoms with van der Waals surface area (Å²) in [5, 5.41) is 0.470. The normalized spacial score (nSPS) is 18.0. The van der Waals surface area contributed by atoms with E-state index in [1.54, 1.807) is 35.4 Å². The number of benzene rings is 1. The molecule has 0 bridgehead atoms. The van der Waals surface area contributed by atoms with Crippen LogP contribution in [0.4, 0.5) is 5.82 Å². The first-order valence-corrected chi connectivity index (χ1v) is 7.72. The summed E-state index contributed by atoms with van der Waals surface area (Å²) in [6.07, 6.45) is 3.45. The Kier molecular flexibility index (Phi) is 4.71. The molecule has 22 heavy (non-hydrogen) atoms. The Labute approximate surface area is 134 Å². The number of pyridine rings is 1. The van der Waals surface area contributed by atoms with E-state index in [4.69, 9.17) is 16.3 Å². The van der Waals surface area contributed by atoms with Crippen LogP contribution in [0.15, 0.2) is 48.7 Å². The maximum Gasteiger partial charge on any atom is 0.259 e. The van der Waals surface area contributed by atoms with Crippen molar-refractivity contribution in [3.05, 3.63) is 59.2 Å². The molecule has 1 aliphatic rings. The van der Waals surface area contributed by atoms with Crippen molar-refractivity contribution < 1.29 is 9.53 Å². The zero-order chi connectivity index (χ0) is 15.4. The highest BCUT2D eigenvalue weighted by atomic mass is 35.5. The van der Waals surface area contributed by atoms with E-state index in [9.17, 15) is 4.79 Å². The van der Waals surface area contributed by atoms with Gasteiger partial charge in [-0.15, -0.1) is 0 Å². The quantitative estimate of drug-likeness (QED) is 0.869. The van der Waals surface area contributed by atoms with Crippen LogP contribution in [-0.2, 0) is 4.74 Å². The van der Waals surface area contributed by atoms with Crippen molar-refractivity contribution in [1.82, 2.24) is 4.98 Å². The molecule has 1 atom stereocenters. The van der Waals surface area contributed by atoms with E-state index in [1.165, 1.54) is 0 Å². The van der Waals surface area contributed by atoms with Gasteiger partial charge in [-0.05, 0) is 37.1 Å². The SMILES string of the molecule is O=C(c1ccccc1)N(c1ncccc1Cl)C1CCCOC1. The largest absolute Gasteiger partial charge is 0.379 e. The van der Waals surface area contributed by atoms with Crippen LogP contribution in [-0.4, -0.2) is 30.1 Å². The summed E-state index contributed by atoms with van der Waals surface area (Å²) < 4.78 is 5.55. The smallest absolute Gasteiger partial charge is 0.259 e. The van der Waals surface area contributed by atoms with Crippen LogP contribution in [0.3, 0.4) is 0 Å². The number of rotatable bonds is 3. The number of aromatic nitrogens is 1. The summed E-state index contributed by atoms with van der Waals surface area (Å²) >= 11 is 6.27. The minimum Gasteiger partial charge on any atom is -0.379 e. The minimum atomic E-state index is -0.100. The molecule has 5 heteroatoms. The number of hydrogen-bond donors (Lipinski definition) is 0. The predicted molar refractivity (Wildman–Crippen MR) is 86.3 cm³/mol. The molecule has 1 aromatic carbocycles. The number of hydrogen-bond acceptors (Lipinski definition) is 3. The van der Waals surface area contributed by atoms with Gasteiger partial charge in [0.05, 0.1) is 17.7 Å². The molecular weight excluding hydrogens is 300 g/mol. The molecule has 0 radical (unpaired) electrons. The Morgan fingerprint density at radius 3 is 2.73 bits per heavy atom. The van der Waals surface area contributed by atoms with Gasteiger partial charge in [0, 0.05) is 18.4 Å². The number of ether oxygens (including phenoxy) is 1. The van der Waals surface area contributed by atoms with E-state index >= 15 is 0 Å². The molecule has 1 unspecified atom stereocenters. The van der Waals surface area contributed by atoms with Crippen LogP contribution in [0.25, 0.3) is 0 Å². The molecule has 3 rings (SSSR count). The molecule has 2 heterocycles. The molecule has 114 valence electrons. The van der Waals surface area contributed by atoms with E-state index in [0.29, 0.717) is 23.0 Å². The van der Waals surface area contributed by atoms with Gasteiger partial charge in [0.25, 0.3) is 5.91 Å². The van der Waals surface area contributed by atoms with Gasteiger partial charge in [0.1, 0.15) is 0 Å². The van der Waals surface area contributed by atoms with E-state index in [-0.39, 0.29) is 11.9 Å². The van der Waals surface area contributed by atoms with Crippen molar-refractivity contribution in [1.29, 1.82) is 0 Å². The lowest BCUT2D eigenvalue weighted by molar-refractivity contribution is 0.0713. The van der Waals surface area contributed by atoms with Crippen molar-refractivity contribution in [2.75, 3.05) is 18.1 Å². The van der Waals surface area contributed by atoms with Crippen molar-refractivity contribution in [2.24, 2.45) is 0 Å². The average Bonchev–Trinajstić information content (AvgIpc) is 2.58. The molecule has 1 aromatic heterocycles. The lowest BCUT2D eigenvalue weighted by Gasteiger charge is -2.33. The van der Waals surface area contributed by atoms with Crippen LogP contribution in [0.1, 0.15) is 23.2 Å². The standard InChI is InChI=1S/C17H17ClN2O2/c18-15-9-4-10-19-16(15)20(14-8-5-11-22-12-14)17(21)13-6-2-1-3-7-13/h1-4,6-7,9-10,14H,5,8,11-12H2. The molecule has 0 spiro atoms. The molecule has 2 aromatic rings.